The maximum Gasteiger partial charge on any atom is 0.124 e. The Morgan fingerprint density at radius 1 is 1.54 bits per heavy atom. The zero-order chi connectivity index (χ0) is 9.68. The van der Waals surface area contributed by atoms with Crippen molar-refractivity contribution < 1.29 is 9.53 Å². The van der Waals surface area contributed by atoms with E-state index in [0.717, 1.165) is 21.9 Å². The second-order valence-electron chi connectivity index (χ2n) is 2.73. The average molecular weight is 243 g/mol. The van der Waals surface area contributed by atoms with E-state index in [1.165, 1.54) is 0 Å². The normalized spacial score (nSPS) is 10.0. The molecule has 70 valence electrons. The van der Waals surface area contributed by atoms with Gasteiger partial charge in [-0.3, -0.25) is 0 Å². The van der Waals surface area contributed by atoms with Crippen LogP contribution in [0.5, 0.6) is 0 Å². The summed E-state index contributed by atoms with van der Waals surface area (Å²) in [5.74, 6) is 0. The molecule has 0 saturated carbocycles. The summed E-state index contributed by atoms with van der Waals surface area (Å²) in [6.07, 6.45) is 1.36. The molecule has 0 heterocycles. The Balaban J connectivity index is 2.84. The van der Waals surface area contributed by atoms with E-state index in [4.69, 9.17) is 4.74 Å². The van der Waals surface area contributed by atoms with Crippen molar-refractivity contribution >= 4 is 22.2 Å². The summed E-state index contributed by atoms with van der Waals surface area (Å²) >= 11 is 3.42. The maximum atomic E-state index is 10.3. The SMILES string of the molecule is COCc1ccc(CC=O)cc1Br. The second kappa shape index (κ2) is 5.14. The molecule has 0 radical (unpaired) electrons. The molecule has 0 saturated heterocycles. The molecule has 0 amide bonds. The smallest absolute Gasteiger partial charge is 0.124 e. The summed E-state index contributed by atoms with van der Waals surface area (Å²) in [4.78, 5) is 10.3. The third kappa shape index (κ3) is 2.94. The molecular weight excluding hydrogens is 232 g/mol. The number of halogens is 1. The zero-order valence-electron chi connectivity index (χ0n) is 7.42. The number of rotatable bonds is 4. The fourth-order valence-electron chi connectivity index (χ4n) is 1.09. The second-order valence-corrected chi connectivity index (χ2v) is 3.58. The van der Waals surface area contributed by atoms with Gasteiger partial charge in [0.2, 0.25) is 0 Å². The van der Waals surface area contributed by atoms with Crippen molar-refractivity contribution in [3.05, 3.63) is 33.8 Å². The molecular formula is C10H11BrO2. The highest BCUT2D eigenvalue weighted by atomic mass is 79.9. The first-order valence-electron chi connectivity index (χ1n) is 3.97. The van der Waals surface area contributed by atoms with Gasteiger partial charge in [-0.2, -0.15) is 0 Å². The van der Waals surface area contributed by atoms with Gasteiger partial charge in [-0.1, -0.05) is 28.1 Å². The first kappa shape index (κ1) is 10.4. The molecule has 3 heteroatoms. The van der Waals surface area contributed by atoms with Crippen molar-refractivity contribution in [1.29, 1.82) is 0 Å². The molecule has 1 aromatic rings. The van der Waals surface area contributed by atoms with Crippen molar-refractivity contribution in [1.82, 2.24) is 0 Å². The van der Waals surface area contributed by atoms with Crippen molar-refractivity contribution in [3.63, 3.8) is 0 Å². The van der Waals surface area contributed by atoms with Gasteiger partial charge < -0.3 is 9.53 Å². The number of benzene rings is 1. The summed E-state index contributed by atoms with van der Waals surface area (Å²) in [7, 11) is 1.66. The van der Waals surface area contributed by atoms with Crippen LogP contribution in [0, 0.1) is 0 Å². The van der Waals surface area contributed by atoms with Crippen LogP contribution in [-0.2, 0) is 22.6 Å². The van der Waals surface area contributed by atoms with Crippen LogP contribution in [0.15, 0.2) is 22.7 Å². The highest BCUT2D eigenvalue weighted by molar-refractivity contribution is 9.10. The lowest BCUT2D eigenvalue weighted by molar-refractivity contribution is -0.107. The van der Waals surface area contributed by atoms with Crippen LogP contribution in [0.1, 0.15) is 11.1 Å². The van der Waals surface area contributed by atoms with Crippen LogP contribution in [0.2, 0.25) is 0 Å². The lowest BCUT2D eigenvalue weighted by Crippen LogP contribution is -1.92. The van der Waals surface area contributed by atoms with E-state index in [0.29, 0.717) is 13.0 Å². The number of aldehydes is 1. The highest BCUT2D eigenvalue weighted by Crippen LogP contribution is 2.19. The van der Waals surface area contributed by atoms with E-state index < -0.39 is 0 Å². The monoisotopic (exact) mass is 242 g/mol. The quantitative estimate of drug-likeness (QED) is 0.758. The van der Waals surface area contributed by atoms with Crippen LogP contribution >= 0.6 is 15.9 Å². The van der Waals surface area contributed by atoms with Gasteiger partial charge in [0.1, 0.15) is 6.29 Å². The summed E-state index contributed by atoms with van der Waals surface area (Å²) in [5.41, 5.74) is 2.11. The summed E-state index contributed by atoms with van der Waals surface area (Å²) in [6.45, 7) is 0.585. The minimum atomic E-state index is 0.464. The Morgan fingerprint density at radius 3 is 2.85 bits per heavy atom. The van der Waals surface area contributed by atoms with Crippen molar-refractivity contribution in [2.75, 3.05) is 7.11 Å². The molecule has 2 nitrogen and oxygen atoms in total. The maximum absolute atomic E-state index is 10.3. The number of carbonyl (C=O) groups excluding carboxylic acids is 1. The average Bonchev–Trinajstić information content (AvgIpc) is 2.10. The standard InChI is InChI=1S/C10H11BrO2/c1-13-7-9-3-2-8(4-5-12)6-10(9)11/h2-3,5-6H,4,7H2,1H3. The molecule has 0 aromatic heterocycles. The Kier molecular flexibility index (Phi) is 4.12. The molecule has 0 N–H and O–H groups in total. The summed E-state index contributed by atoms with van der Waals surface area (Å²) in [6, 6.07) is 5.85. The predicted molar refractivity (Wildman–Crippen MR) is 54.6 cm³/mol. The highest BCUT2D eigenvalue weighted by Gasteiger charge is 2.00. The van der Waals surface area contributed by atoms with Gasteiger partial charge in [-0.15, -0.1) is 0 Å². The van der Waals surface area contributed by atoms with Crippen LogP contribution in [0.25, 0.3) is 0 Å². The van der Waals surface area contributed by atoms with E-state index in [-0.39, 0.29) is 0 Å². The van der Waals surface area contributed by atoms with Crippen LogP contribution < -0.4 is 0 Å². The molecule has 0 atom stereocenters. The Hall–Kier alpha value is -0.670. The number of carbonyl (C=O) groups is 1. The summed E-state index contributed by atoms with van der Waals surface area (Å²) < 4.78 is 6.00. The van der Waals surface area contributed by atoms with E-state index in [2.05, 4.69) is 15.9 Å². The number of hydrogen-bond acceptors (Lipinski definition) is 2. The topological polar surface area (TPSA) is 26.3 Å². The molecule has 0 spiro atoms. The van der Waals surface area contributed by atoms with Crippen molar-refractivity contribution in [2.45, 2.75) is 13.0 Å². The van der Waals surface area contributed by atoms with E-state index in [1.807, 2.05) is 18.2 Å². The van der Waals surface area contributed by atoms with Crippen molar-refractivity contribution in [2.24, 2.45) is 0 Å². The largest absolute Gasteiger partial charge is 0.380 e. The molecule has 1 aromatic carbocycles. The van der Waals surface area contributed by atoms with Gasteiger partial charge in [0, 0.05) is 18.0 Å². The van der Waals surface area contributed by atoms with Gasteiger partial charge in [0.25, 0.3) is 0 Å². The van der Waals surface area contributed by atoms with Gasteiger partial charge >= 0.3 is 0 Å². The van der Waals surface area contributed by atoms with E-state index >= 15 is 0 Å². The lowest BCUT2D eigenvalue weighted by atomic mass is 10.1. The summed E-state index contributed by atoms with van der Waals surface area (Å²) in [5, 5.41) is 0. The van der Waals surface area contributed by atoms with Crippen molar-refractivity contribution in [3.8, 4) is 0 Å². The molecule has 1 rings (SSSR count). The number of methoxy groups -OCH3 is 1. The van der Waals surface area contributed by atoms with Gasteiger partial charge in [0.05, 0.1) is 6.61 Å². The molecule has 13 heavy (non-hydrogen) atoms. The number of hydrogen-bond donors (Lipinski definition) is 0. The molecule has 0 aliphatic carbocycles. The van der Waals surface area contributed by atoms with Crippen LogP contribution in [-0.4, -0.2) is 13.4 Å². The van der Waals surface area contributed by atoms with E-state index in [9.17, 15) is 4.79 Å². The Morgan fingerprint density at radius 2 is 2.31 bits per heavy atom. The Bertz CT molecular complexity index is 297. The minimum Gasteiger partial charge on any atom is -0.380 e. The third-order valence-electron chi connectivity index (χ3n) is 1.74. The van der Waals surface area contributed by atoms with Crippen LogP contribution in [0.3, 0.4) is 0 Å². The molecule has 0 unspecified atom stereocenters. The first-order chi connectivity index (χ1) is 6.27. The fourth-order valence-corrected chi connectivity index (χ4v) is 1.63. The van der Waals surface area contributed by atoms with E-state index in [1.54, 1.807) is 7.11 Å². The lowest BCUT2D eigenvalue weighted by Gasteiger charge is -2.04. The minimum absolute atomic E-state index is 0.464. The Labute approximate surface area is 86.0 Å². The van der Waals surface area contributed by atoms with Gasteiger partial charge in [-0.25, -0.2) is 0 Å². The zero-order valence-corrected chi connectivity index (χ0v) is 9.00. The molecule has 0 aliphatic heterocycles. The fraction of sp³-hybridized carbons (Fsp3) is 0.300. The molecule has 0 aliphatic rings. The van der Waals surface area contributed by atoms with Gasteiger partial charge in [-0.05, 0) is 17.2 Å². The number of ether oxygens (including phenoxy) is 1. The predicted octanol–water partition coefficient (Wildman–Crippen LogP) is 2.34. The van der Waals surface area contributed by atoms with Crippen LogP contribution in [0.4, 0.5) is 0 Å². The first-order valence-corrected chi connectivity index (χ1v) is 4.77. The molecule has 0 fully saturated rings. The van der Waals surface area contributed by atoms with Gasteiger partial charge in [0.15, 0.2) is 0 Å². The third-order valence-corrected chi connectivity index (χ3v) is 2.47. The molecule has 0 bridgehead atoms.